The molecule has 0 radical (unpaired) electrons. The first-order chi connectivity index (χ1) is 18.0. The summed E-state index contributed by atoms with van der Waals surface area (Å²) in [7, 11) is 0. The summed E-state index contributed by atoms with van der Waals surface area (Å²) in [6.45, 7) is -2.78. The topological polar surface area (TPSA) is 89.5 Å². The average Bonchev–Trinajstić information content (AvgIpc) is 3.48. The number of anilines is 2. The zero-order valence-electron chi connectivity index (χ0n) is 19.1. The number of carbonyl (C=O) groups excluding carboxylic acids is 2. The Morgan fingerprint density at radius 3 is 2.59 bits per heavy atom. The standard InChI is InChI=1S/C26H19F2N3O5S/c27-25(28)36-19-9-7-17(8-10-19)29-23(32)14-37-26-30-20(24(33)31(26)18-4-2-1-3-5-18)12-16-6-11-21-22(13-16)35-15-34-21/h1-13,25H,14-15H2,(H,29,32)/b20-12-. The van der Waals surface area contributed by atoms with Crippen molar-refractivity contribution < 1.29 is 32.6 Å². The lowest BCUT2D eigenvalue weighted by Crippen LogP contribution is -2.31. The van der Waals surface area contributed by atoms with Crippen molar-refractivity contribution in [2.75, 3.05) is 22.8 Å². The van der Waals surface area contributed by atoms with E-state index in [4.69, 9.17) is 9.47 Å². The fourth-order valence-corrected chi connectivity index (χ4v) is 4.42. The Hall–Kier alpha value is -4.38. The second-order valence-electron chi connectivity index (χ2n) is 7.75. The van der Waals surface area contributed by atoms with E-state index < -0.39 is 6.61 Å². The van der Waals surface area contributed by atoms with Gasteiger partial charge < -0.3 is 19.5 Å². The quantitative estimate of drug-likeness (QED) is 0.432. The molecular weight excluding hydrogens is 504 g/mol. The fraction of sp³-hybridized carbons (Fsp3) is 0.115. The Morgan fingerprint density at radius 1 is 1.08 bits per heavy atom. The van der Waals surface area contributed by atoms with Gasteiger partial charge in [0.05, 0.1) is 11.4 Å². The highest BCUT2D eigenvalue weighted by molar-refractivity contribution is 8.14. The number of amides is 2. The minimum atomic E-state index is -2.93. The molecule has 11 heteroatoms. The summed E-state index contributed by atoms with van der Waals surface area (Å²) in [5.41, 5.74) is 1.95. The van der Waals surface area contributed by atoms with Gasteiger partial charge in [0, 0.05) is 5.69 Å². The van der Waals surface area contributed by atoms with E-state index in [0.717, 1.165) is 11.8 Å². The number of benzene rings is 3. The van der Waals surface area contributed by atoms with Crippen LogP contribution in [-0.4, -0.2) is 36.1 Å². The molecule has 0 unspecified atom stereocenters. The molecule has 3 aromatic carbocycles. The van der Waals surface area contributed by atoms with Gasteiger partial charge in [0.25, 0.3) is 5.91 Å². The molecule has 2 heterocycles. The molecule has 2 amide bonds. The maximum atomic E-state index is 13.3. The van der Waals surface area contributed by atoms with E-state index in [2.05, 4.69) is 15.0 Å². The molecule has 0 bridgehead atoms. The number of rotatable bonds is 7. The van der Waals surface area contributed by atoms with Gasteiger partial charge in [-0.2, -0.15) is 8.78 Å². The number of carbonyl (C=O) groups is 2. The molecule has 0 fully saturated rings. The van der Waals surface area contributed by atoms with Crippen LogP contribution in [0.1, 0.15) is 5.56 Å². The summed E-state index contributed by atoms with van der Waals surface area (Å²) in [6.07, 6.45) is 1.65. The number of alkyl halides is 2. The predicted octanol–water partition coefficient (Wildman–Crippen LogP) is 5.13. The molecule has 0 spiro atoms. The number of amidine groups is 1. The number of fused-ring (bicyclic) bond motifs is 1. The van der Waals surface area contributed by atoms with Gasteiger partial charge in [0.1, 0.15) is 11.4 Å². The van der Waals surface area contributed by atoms with Gasteiger partial charge in [-0.3, -0.25) is 14.5 Å². The minimum absolute atomic E-state index is 0.0125. The van der Waals surface area contributed by atoms with Crippen LogP contribution in [0.15, 0.2) is 83.5 Å². The maximum absolute atomic E-state index is 13.3. The molecule has 188 valence electrons. The van der Waals surface area contributed by atoms with E-state index in [9.17, 15) is 18.4 Å². The first kappa shape index (κ1) is 24.3. The Kier molecular flexibility index (Phi) is 7.04. The van der Waals surface area contributed by atoms with Gasteiger partial charge in [-0.15, -0.1) is 0 Å². The third-order valence-electron chi connectivity index (χ3n) is 5.24. The summed E-state index contributed by atoms with van der Waals surface area (Å²) in [5, 5.41) is 3.03. The van der Waals surface area contributed by atoms with Crippen LogP contribution in [0, 0.1) is 0 Å². The Labute approximate surface area is 214 Å². The van der Waals surface area contributed by atoms with Crippen LogP contribution < -0.4 is 24.4 Å². The zero-order chi connectivity index (χ0) is 25.8. The van der Waals surface area contributed by atoms with Gasteiger partial charge in [-0.05, 0) is 60.2 Å². The van der Waals surface area contributed by atoms with E-state index >= 15 is 0 Å². The van der Waals surface area contributed by atoms with E-state index in [1.54, 1.807) is 48.5 Å². The lowest BCUT2D eigenvalue weighted by atomic mass is 10.1. The highest BCUT2D eigenvalue weighted by Gasteiger charge is 2.32. The van der Waals surface area contributed by atoms with Crippen LogP contribution in [0.4, 0.5) is 20.2 Å². The number of thioether (sulfide) groups is 1. The molecule has 8 nitrogen and oxygen atoms in total. The van der Waals surface area contributed by atoms with Crippen LogP contribution in [0.2, 0.25) is 0 Å². The minimum Gasteiger partial charge on any atom is -0.454 e. The molecule has 1 N–H and O–H groups in total. The lowest BCUT2D eigenvalue weighted by Gasteiger charge is -2.17. The fourth-order valence-electron chi connectivity index (χ4n) is 3.61. The number of ether oxygens (including phenoxy) is 3. The summed E-state index contributed by atoms with van der Waals surface area (Å²) < 4.78 is 39.7. The van der Waals surface area contributed by atoms with Crippen LogP contribution in [0.3, 0.4) is 0 Å². The Morgan fingerprint density at radius 2 is 1.84 bits per heavy atom. The first-order valence-corrected chi connectivity index (χ1v) is 12.0. The van der Waals surface area contributed by atoms with Crippen molar-refractivity contribution in [2.45, 2.75) is 6.61 Å². The van der Waals surface area contributed by atoms with Crippen molar-refractivity contribution in [1.29, 1.82) is 0 Å². The number of halogens is 2. The number of nitrogens with one attached hydrogen (secondary N) is 1. The van der Waals surface area contributed by atoms with Crippen LogP contribution in [0.5, 0.6) is 17.2 Å². The van der Waals surface area contributed by atoms with Crippen molar-refractivity contribution in [1.82, 2.24) is 0 Å². The van der Waals surface area contributed by atoms with Crippen LogP contribution >= 0.6 is 11.8 Å². The average molecular weight is 524 g/mol. The molecule has 3 aromatic rings. The molecule has 0 aliphatic carbocycles. The van der Waals surface area contributed by atoms with E-state index in [1.165, 1.54) is 29.2 Å². The second kappa shape index (κ2) is 10.7. The molecule has 0 saturated carbocycles. The Bertz CT molecular complexity index is 1380. The molecule has 2 aliphatic rings. The zero-order valence-corrected chi connectivity index (χ0v) is 19.9. The molecular formula is C26H19F2N3O5S. The van der Waals surface area contributed by atoms with Gasteiger partial charge in [0.15, 0.2) is 16.7 Å². The number of nitrogens with zero attached hydrogens (tertiary/aromatic N) is 2. The van der Waals surface area contributed by atoms with Crippen LogP contribution in [-0.2, 0) is 9.59 Å². The molecule has 0 saturated heterocycles. The molecule has 0 atom stereocenters. The lowest BCUT2D eigenvalue weighted by molar-refractivity contribution is -0.114. The van der Waals surface area contributed by atoms with E-state index in [0.29, 0.717) is 33.6 Å². The highest BCUT2D eigenvalue weighted by Crippen LogP contribution is 2.34. The van der Waals surface area contributed by atoms with E-state index in [1.807, 2.05) is 6.07 Å². The van der Waals surface area contributed by atoms with Gasteiger partial charge in [-0.1, -0.05) is 36.0 Å². The monoisotopic (exact) mass is 523 g/mol. The molecule has 37 heavy (non-hydrogen) atoms. The summed E-state index contributed by atoms with van der Waals surface area (Å²) in [4.78, 5) is 31.8. The molecule has 5 rings (SSSR count). The third kappa shape index (κ3) is 5.72. The van der Waals surface area contributed by atoms with Gasteiger partial charge >= 0.3 is 6.61 Å². The molecule has 0 aromatic heterocycles. The Balaban J connectivity index is 1.31. The number of aliphatic imine (C=N–C) groups is 1. The van der Waals surface area contributed by atoms with E-state index in [-0.39, 0.29) is 35.8 Å². The van der Waals surface area contributed by atoms with Crippen molar-refractivity contribution in [3.05, 3.63) is 84.1 Å². The van der Waals surface area contributed by atoms with Crippen molar-refractivity contribution >= 4 is 46.2 Å². The van der Waals surface area contributed by atoms with Gasteiger partial charge in [0.2, 0.25) is 12.7 Å². The highest BCUT2D eigenvalue weighted by atomic mass is 32.2. The summed E-state index contributed by atoms with van der Waals surface area (Å²) >= 11 is 1.10. The molecule has 2 aliphatic heterocycles. The largest absolute Gasteiger partial charge is 0.454 e. The van der Waals surface area contributed by atoms with Crippen molar-refractivity contribution in [2.24, 2.45) is 4.99 Å². The SMILES string of the molecule is O=C(CSC1=N/C(=C\c2ccc3c(c2)OCO3)C(=O)N1c1ccccc1)Nc1ccc(OC(F)F)cc1. The van der Waals surface area contributed by atoms with Crippen LogP contribution in [0.25, 0.3) is 6.08 Å². The van der Waals surface area contributed by atoms with Crippen molar-refractivity contribution in [3.63, 3.8) is 0 Å². The summed E-state index contributed by atoms with van der Waals surface area (Å²) in [6, 6.07) is 19.9. The normalized spacial score (nSPS) is 15.3. The summed E-state index contributed by atoms with van der Waals surface area (Å²) in [5.74, 6) is 0.477. The number of para-hydroxylation sites is 1. The maximum Gasteiger partial charge on any atom is 0.387 e. The predicted molar refractivity (Wildman–Crippen MR) is 136 cm³/mol. The second-order valence-corrected chi connectivity index (χ2v) is 8.69. The smallest absolute Gasteiger partial charge is 0.387 e. The number of hydrogen-bond donors (Lipinski definition) is 1. The van der Waals surface area contributed by atoms with Crippen molar-refractivity contribution in [3.8, 4) is 17.2 Å². The third-order valence-corrected chi connectivity index (χ3v) is 6.18. The van der Waals surface area contributed by atoms with Gasteiger partial charge in [-0.25, -0.2) is 4.99 Å². The number of hydrogen-bond acceptors (Lipinski definition) is 7. The first-order valence-electron chi connectivity index (χ1n) is 11.0.